The van der Waals surface area contributed by atoms with Crippen molar-refractivity contribution >= 4 is 139 Å². The van der Waals surface area contributed by atoms with E-state index in [1.54, 1.807) is 237 Å². The van der Waals surface area contributed by atoms with Gasteiger partial charge in [0.05, 0.1) is 66.7 Å². The molecule has 0 saturated heterocycles. The minimum Gasteiger partial charge on any atom is -0.525 e. The molecule has 0 atom stereocenters. The average Bonchev–Trinajstić information content (AvgIpc) is 0.816. The molecule has 0 saturated carbocycles. The number of halogens is 8. The Hall–Kier alpha value is -6.81. The van der Waals surface area contributed by atoms with Crippen molar-refractivity contribution in [3.05, 3.63) is 502 Å². The van der Waals surface area contributed by atoms with Gasteiger partial charge in [-0.05, 0) is 170 Å². The maximum Gasteiger partial charge on any atom is 1.00 e. The van der Waals surface area contributed by atoms with Crippen molar-refractivity contribution in [1.29, 1.82) is 0 Å². The Balaban J connectivity index is 0.000000826. The third kappa shape index (κ3) is 53.6. The first-order valence-electron chi connectivity index (χ1n) is 41.2. The molecule has 0 aromatic heterocycles. The molecular weight excluding hydrogens is 2440 g/mol. The van der Waals surface area contributed by atoms with Gasteiger partial charge in [-0.1, -0.05) is 297 Å². The Labute approximate surface area is 1090 Å². The number of para-hydroxylation sites is 2. The topological polar surface area (TPSA) is 326 Å². The molecule has 0 aliphatic rings. The number of ether oxygens (including phenoxy) is 6. The van der Waals surface area contributed by atoms with Gasteiger partial charge in [-0.2, -0.15) is 46.9 Å². The maximum absolute atomic E-state index is 10.0. The summed E-state index contributed by atoms with van der Waals surface area (Å²) in [6.07, 6.45) is 3.55. The van der Waals surface area contributed by atoms with Crippen molar-refractivity contribution in [3.63, 3.8) is 0 Å². The number of hydrogen-bond donors (Lipinski definition) is 10. The number of carbonyl (C=O) groups excluding carboxylic acids is 4. The summed E-state index contributed by atoms with van der Waals surface area (Å²) in [5.74, 6) is 13.1. The van der Waals surface area contributed by atoms with Gasteiger partial charge >= 0.3 is 247 Å². The fourth-order valence-electron chi connectivity index (χ4n) is 12.2. The summed E-state index contributed by atoms with van der Waals surface area (Å²) in [6, 6.07) is 119. The number of hydrogen-bond acceptors (Lipinski definition) is 20. The second-order valence-corrected chi connectivity index (χ2v) is 40.9. The summed E-state index contributed by atoms with van der Waals surface area (Å²) in [6.45, 7) is 0. The second-order valence-electron chi connectivity index (χ2n) is 27.8. The molecule has 144 heavy (non-hydrogen) atoms. The van der Waals surface area contributed by atoms with Crippen molar-refractivity contribution in [2.45, 2.75) is 0 Å². The Morgan fingerprint density at radius 2 is 0.319 bits per heavy atom. The van der Waals surface area contributed by atoms with Crippen molar-refractivity contribution in [2.75, 3.05) is 42.7 Å². The second kappa shape index (κ2) is 79.3. The van der Waals surface area contributed by atoms with Crippen molar-refractivity contribution in [3.8, 4) is 92.0 Å². The zero-order valence-electron chi connectivity index (χ0n) is 79.8. The number of phenols is 10. The first-order chi connectivity index (χ1) is 67.5. The van der Waals surface area contributed by atoms with Crippen LogP contribution >= 0.6 is 101 Å². The van der Waals surface area contributed by atoms with E-state index in [1.165, 1.54) is 0 Å². The first kappa shape index (κ1) is 135. The summed E-state index contributed by atoms with van der Waals surface area (Å²) in [7, 11) is 24.6. The Kier molecular flexibility index (Phi) is 74.4. The zero-order valence-corrected chi connectivity index (χ0v) is 109. The molecule has 0 unspecified atom stereocenters. The van der Waals surface area contributed by atoms with Crippen LogP contribution in [-0.4, -0.2) is 132 Å². The molecule has 0 spiro atoms. The molecule has 0 radical (unpaired) electrons. The van der Waals surface area contributed by atoms with E-state index in [4.69, 9.17) is 73.3 Å². The van der Waals surface area contributed by atoms with E-state index in [0.29, 0.717) is 16.9 Å². The smallest absolute Gasteiger partial charge is 0.525 e. The largest absolute Gasteiger partial charge is 1.00 e. The summed E-state index contributed by atoms with van der Waals surface area (Å²) >= 11 is 16.0. The number of rotatable bonds is 20. The molecule has 10 N–H and O–H groups in total. The van der Waals surface area contributed by atoms with Gasteiger partial charge in [0.2, 0.25) is 0 Å². The Morgan fingerprint density at radius 1 is 0.215 bits per heavy atom. The predicted octanol–water partition coefficient (Wildman–Crippen LogP) is 14.0. The molecule has 724 valence electrons. The minimum absolute atomic E-state index is 0. The monoisotopic (exact) mass is 2520 g/mol. The number of benzene rings is 16. The minimum atomic E-state index is -1.72. The maximum atomic E-state index is 10.0. The van der Waals surface area contributed by atoms with Crippen LogP contribution < -0.4 is 261 Å². The van der Waals surface area contributed by atoms with Crippen LogP contribution in [-0.2, 0) is 19.2 Å². The van der Waals surface area contributed by atoms with Gasteiger partial charge in [0, 0.05) is 0 Å². The third-order valence-corrected chi connectivity index (χ3v) is 18.7. The molecule has 16 rings (SSSR count). The quantitative estimate of drug-likeness (QED) is 0.0147. The summed E-state index contributed by atoms with van der Waals surface area (Å²) in [5, 5.41) is 94.2. The van der Waals surface area contributed by atoms with Crippen LogP contribution in [0.15, 0.2) is 400 Å². The van der Waals surface area contributed by atoms with Crippen LogP contribution in [0.4, 0.5) is 0 Å². The fraction of sp³-hybridized carbons (Fsp3) is 0.0545. The normalized spacial score (nSPS) is 9.21. The van der Waals surface area contributed by atoms with Crippen LogP contribution in [0.2, 0.25) is 0 Å². The van der Waals surface area contributed by atoms with Crippen LogP contribution in [0.25, 0.3) is 0 Å². The number of methoxy groups -OCH3 is 6. The molecule has 0 heterocycles. The van der Waals surface area contributed by atoms with E-state index in [9.17, 15) is 55.5 Å². The van der Waals surface area contributed by atoms with Gasteiger partial charge in [0.25, 0.3) is 0 Å². The molecule has 0 aliphatic heterocycles. The van der Waals surface area contributed by atoms with Crippen molar-refractivity contribution in [1.82, 2.24) is 0 Å². The van der Waals surface area contributed by atoms with Crippen LogP contribution in [0.3, 0.4) is 0 Å². The van der Waals surface area contributed by atoms with Crippen molar-refractivity contribution in [2.24, 2.45) is 0 Å². The summed E-state index contributed by atoms with van der Waals surface area (Å²) in [4.78, 5) is 37.0. The van der Waals surface area contributed by atoms with E-state index in [0.717, 1.165) is 136 Å². The Bertz CT molecular complexity index is 5470. The van der Waals surface area contributed by atoms with Gasteiger partial charge < -0.3 is 122 Å². The first-order valence-corrected chi connectivity index (χ1v) is 50.0. The molecule has 0 aliphatic carbocycles. The van der Waals surface area contributed by atoms with Gasteiger partial charge in [-0.15, -0.1) is 47.3 Å². The van der Waals surface area contributed by atoms with E-state index in [1.807, 2.05) is 218 Å². The van der Waals surface area contributed by atoms with Crippen LogP contribution in [0.5, 0.6) is 92.0 Å². The molecule has 16 aromatic carbocycles. The van der Waals surface area contributed by atoms with Crippen molar-refractivity contribution < 1.29 is 331 Å². The van der Waals surface area contributed by atoms with Gasteiger partial charge in [-0.3, -0.25) is 0 Å². The van der Waals surface area contributed by atoms with Crippen LogP contribution in [0, 0.1) is 23.7 Å². The van der Waals surface area contributed by atoms with E-state index < -0.39 is 11.4 Å². The molecule has 0 bridgehead atoms. The van der Waals surface area contributed by atoms with E-state index in [2.05, 4.69) is 70.5 Å². The van der Waals surface area contributed by atoms with E-state index >= 15 is 0 Å². The molecule has 0 fully saturated rings. The zero-order chi connectivity index (χ0) is 103. The fourth-order valence-corrected chi connectivity index (χ4v) is 12.2. The molecular formula is C110H94AlBBr3Cl5O20Rb4-4. The standard InChI is InChI=1S/3C20H17O3.C19H15O3.2C8H7O2.C7H8O.C6H6O.2CClO.Al.BBr3.3ClH.4Rb/c3*1-23-19-12-6-16(7-13-19)20(14-2-8-17(21)9-3-14)15-4-10-18(22)11-5-15;20-16-7-1-13(2-8-16)19(14-3-9-17(21)10-4-14)15-5-11-18(22)12-6-15;2*1-10-8-4-2-7(6-9)3-5-8;1-8-7-5-3-2-4-6-7;7-6-4-2-1-3-5-6;2*2-1-3;;2-1(3)4;;;;;;;/h3*2-13,21-22H,1H3;1-12,20-22H;2*2-5H,1H3;2-6H,1H3;1-5,7H;;;;;3*1H;;;;/q6*-1;;;2*-1;+3;;;;;4*+1/p-3. The van der Waals surface area contributed by atoms with E-state index in [-0.39, 0.29) is 288 Å². The SMILES string of the molecule is BrB(Br)Br.COc1ccc([C-](c2ccc(O)cc2)c2ccc(O)cc2)cc1.COc1ccc([C-](c2ccc(O)cc2)c2ccc(O)cc2)cc1.COc1ccc([C-](c2ccc(O)cc2)c2ccc(O)cc2)cc1.COc1ccc([C-]=O)cc1.COc1ccc([C-]=O)cc1.COc1ccccc1.O=[C-]Cl.O=[C-]Cl.Oc1ccc([C-](c2ccc(O)cc2)c2ccc(O)cc2)cc1.Oc1ccccc1.[Cl][Al]([Cl])[Cl].[Rb+].[Rb+].[Rb+].[Rb+]. The third-order valence-electron chi connectivity index (χ3n) is 18.7. The van der Waals surface area contributed by atoms with Gasteiger partial charge in [0.15, 0.2) is 0 Å². The van der Waals surface area contributed by atoms with Gasteiger partial charge in [-0.25, -0.2) is 30.1 Å². The van der Waals surface area contributed by atoms with Gasteiger partial charge in [0.1, 0.15) is 80.5 Å². The molecule has 20 nitrogen and oxygen atoms in total. The summed E-state index contributed by atoms with van der Waals surface area (Å²) < 4.78 is 30.6. The molecule has 0 amide bonds. The predicted molar refractivity (Wildman–Crippen MR) is 570 cm³/mol. The molecule has 34 heteroatoms. The Morgan fingerprint density at radius 3 is 0.424 bits per heavy atom. The van der Waals surface area contributed by atoms with Crippen LogP contribution in [0.1, 0.15) is 77.9 Å². The number of phenolic OH excluding ortho intramolecular Hbond substituents is 10. The average molecular weight is 2530 g/mol. The molecule has 16 aromatic rings. The number of aromatic hydroxyl groups is 10. The summed E-state index contributed by atoms with van der Waals surface area (Å²) in [5.41, 5.74) is 12.9.